The second kappa shape index (κ2) is 6.52. The van der Waals surface area contributed by atoms with E-state index in [4.69, 9.17) is 0 Å². The molecule has 6 nitrogen and oxygen atoms in total. The molecule has 0 atom stereocenters. The van der Waals surface area contributed by atoms with Crippen LogP contribution in [-0.4, -0.2) is 23.6 Å². The van der Waals surface area contributed by atoms with E-state index in [9.17, 15) is 16.8 Å². The Morgan fingerprint density at radius 3 is 2.19 bits per heavy atom. The topological polar surface area (TPSA) is 86.7 Å². The molecule has 0 unspecified atom stereocenters. The predicted molar refractivity (Wildman–Crippen MR) is 76.0 cm³/mol. The maximum Gasteiger partial charge on any atom is 0.299 e. The van der Waals surface area contributed by atoms with Gasteiger partial charge >= 0.3 is 0 Å². The molecule has 1 aliphatic carbocycles. The van der Waals surface area contributed by atoms with Crippen LogP contribution < -0.4 is 0 Å². The van der Waals surface area contributed by atoms with Gasteiger partial charge in [0, 0.05) is 0 Å². The number of hydrogen-bond acceptors (Lipinski definition) is 6. The molecule has 1 aromatic rings. The molecule has 21 heavy (non-hydrogen) atoms. The fourth-order valence-electron chi connectivity index (χ4n) is 1.64. The van der Waals surface area contributed by atoms with Gasteiger partial charge in [0.25, 0.3) is 20.2 Å². The van der Waals surface area contributed by atoms with Crippen LogP contribution in [0.2, 0.25) is 0 Å². The van der Waals surface area contributed by atoms with E-state index in [1.54, 1.807) is 12.1 Å². The first-order chi connectivity index (χ1) is 9.92. The molecule has 1 aromatic carbocycles. The average Bonchev–Trinajstić information content (AvgIpc) is 2.49. The molecule has 0 N–H and O–H groups in total. The van der Waals surface area contributed by atoms with Crippen molar-refractivity contribution in [1.29, 1.82) is 0 Å². The molecule has 0 aromatic heterocycles. The molecule has 8 heteroatoms. The van der Waals surface area contributed by atoms with E-state index in [-0.39, 0.29) is 9.80 Å². The van der Waals surface area contributed by atoms with Crippen molar-refractivity contribution in [2.75, 3.05) is 6.79 Å². The standard InChI is InChI=1S/C13H14O6S2/c14-20(15,12-7-3-1-4-8-12)18-11-19-21(16,17)13-9-5-2-6-10-13/h1,3-5,7-10H,2,6,11H2. The van der Waals surface area contributed by atoms with Crippen molar-refractivity contribution >= 4 is 20.2 Å². The number of hydrogen-bond donors (Lipinski definition) is 0. The SMILES string of the molecule is O=S(=O)(OCOS(=O)(=O)c1ccccc1)C1=CCCC=C1. The maximum absolute atomic E-state index is 11.8. The summed E-state index contributed by atoms with van der Waals surface area (Å²) in [6.45, 7) is -0.898. The van der Waals surface area contributed by atoms with Crippen LogP contribution in [0.15, 0.2) is 58.4 Å². The Labute approximate surface area is 123 Å². The molecule has 0 bridgehead atoms. The maximum atomic E-state index is 11.8. The summed E-state index contributed by atoms with van der Waals surface area (Å²) in [6, 6.07) is 7.41. The molecule has 0 fully saturated rings. The normalized spacial score (nSPS) is 15.7. The van der Waals surface area contributed by atoms with E-state index in [0.29, 0.717) is 6.42 Å². The van der Waals surface area contributed by atoms with Gasteiger partial charge in [0.05, 0.1) is 9.80 Å². The highest BCUT2D eigenvalue weighted by Gasteiger charge is 2.20. The minimum absolute atomic E-state index is 0.00876. The fourth-order valence-corrected chi connectivity index (χ4v) is 3.40. The van der Waals surface area contributed by atoms with Crippen LogP contribution in [0.3, 0.4) is 0 Å². The average molecular weight is 330 g/mol. The number of rotatable bonds is 6. The Morgan fingerprint density at radius 1 is 0.905 bits per heavy atom. The summed E-state index contributed by atoms with van der Waals surface area (Å²) in [5, 5.41) is 0. The molecule has 2 rings (SSSR count). The molecule has 0 aliphatic heterocycles. The van der Waals surface area contributed by atoms with E-state index in [0.717, 1.165) is 6.42 Å². The molecule has 0 heterocycles. The smallest absolute Gasteiger partial charge is 0.236 e. The lowest BCUT2D eigenvalue weighted by Crippen LogP contribution is -2.15. The molecule has 0 saturated carbocycles. The van der Waals surface area contributed by atoms with Crippen LogP contribution in [0.1, 0.15) is 12.8 Å². The van der Waals surface area contributed by atoms with Gasteiger partial charge in [-0.1, -0.05) is 30.4 Å². The highest BCUT2D eigenvalue weighted by atomic mass is 32.2. The molecule has 0 amide bonds. The Morgan fingerprint density at radius 2 is 1.57 bits per heavy atom. The van der Waals surface area contributed by atoms with Crippen molar-refractivity contribution in [3.63, 3.8) is 0 Å². The van der Waals surface area contributed by atoms with Gasteiger partial charge in [-0.25, -0.2) is 8.37 Å². The summed E-state index contributed by atoms with van der Waals surface area (Å²) in [4.78, 5) is -0.0581. The third-order valence-corrected chi connectivity index (χ3v) is 5.23. The van der Waals surface area contributed by atoms with Crippen molar-refractivity contribution in [3.8, 4) is 0 Å². The van der Waals surface area contributed by atoms with Gasteiger partial charge in [0.2, 0.25) is 0 Å². The van der Waals surface area contributed by atoms with Crippen molar-refractivity contribution in [1.82, 2.24) is 0 Å². The second-order valence-electron chi connectivity index (χ2n) is 4.16. The van der Waals surface area contributed by atoms with Crippen LogP contribution in [0, 0.1) is 0 Å². The second-order valence-corrected chi connectivity index (χ2v) is 7.39. The largest absolute Gasteiger partial charge is 0.299 e. The first-order valence-electron chi connectivity index (χ1n) is 6.12. The Balaban J connectivity index is 1.98. The first kappa shape index (κ1) is 15.9. The lowest BCUT2D eigenvalue weighted by molar-refractivity contribution is 0.134. The summed E-state index contributed by atoms with van der Waals surface area (Å²) in [5.74, 6) is 0. The quantitative estimate of drug-likeness (QED) is 0.585. The van der Waals surface area contributed by atoms with Crippen molar-refractivity contribution < 1.29 is 25.2 Å². The summed E-state index contributed by atoms with van der Waals surface area (Å²) in [5.41, 5.74) is 0. The molecular weight excluding hydrogens is 316 g/mol. The Hall–Kier alpha value is -1.48. The van der Waals surface area contributed by atoms with Crippen LogP contribution in [0.5, 0.6) is 0 Å². The fraction of sp³-hybridized carbons (Fsp3) is 0.231. The molecule has 0 saturated heterocycles. The zero-order valence-electron chi connectivity index (χ0n) is 11.0. The molecule has 0 radical (unpaired) electrons. The Kier molecular flexibility index (Phi) is 4.94. The monoisotopic (exact) mass is 330 g/mol. The third-order valence-electron chi connectivity index (χ3n) is 2.69. The van der Waals surface area contributed by atoms with Gasteiger partial charge in [0.15, 0.2) is 6.79 Å². The molecule has 0 spiro atoms. The van der Waals surface area contributed by atoms with Gasteiger partial charge < -0.3 is 0 Å². The summed E-state index contributed by atoms with van der Waals surface area (Å²) >= 11 is 0. The predicted octanol–water partition coefficient (Wildman–Crippen LogP) is 1.93. The van der Waals surface area contributed by atoms with Crippen LogP contribution in [-0.2, 0) is 28.6 Å². The zero-order chi connectivity index (χ0) is 15.3. The lowest BCUT2D eigenvalue weighted by Gasteiger charge is -2.09. The number of benzene rings is 1. The van der Waals surface area contributed by atoms with Gasteiger partial charge in [0.1, 0.15) is 0 Å². The highest BCUT2D eigenvalue weighted by molar-refractivity contribution is 7.91. The van der Waals surface area contributed by atoms with E-state index < -0.39 is 27.0 Å². The van der Waals surface area contributed by atoms with Crippen molar-refractivity contribution in [2.24, 2.45) is 0 Å². The lowest BCUT2D eigenvalue weighted by atomic mass is 10.2. The van der Waals surface area contributed by atoms with Crippen LogP contribution in [0.25, 0.3) is 0 Å². The summed E-state index contributed by atoms with van der Waals surface area (Å²) in [6.07, 6.45) is 6.00. The minimum atomic E-state index is -4.04. The highest BCUT2D eigenvalue weighted by Crippen LogP contribution is 2.18. The zero-order valence-corrected chi connectivity index (χ0v) is 12.6. The van der Waals surface area contributed by atoms with Gasteiger partial charge in [-0.2, -0.15) is 16.8 Å². The van der Waals surface area contributed by atoms with Gasteiger partial charge in [-0.05, 0) is 31.1 Å². The molecule has 114 valence electrons. The van der Waals surface area contributed by atoms with E-state index in [2.05, 4.69) is 8.37 Å². The first-order valence-corrected chi connectivity index (χ1v) is 8.94. The van der Waals surface area contributed by atoms with E-state index >= 15 is 0 Å². The molecular formula is C13H14O6S2. The van der Waals surface area contributed by atoms with E-state index in [1.807, 2.05) is 0 Å². The Bertz CT molecular complexity index is 745. The summed E-state index contributed by atoms with van der Waals surface area (Å²) < 4.78 is 56.3. The van der Waals surface area contributed by atoms with Crippen molar-refractivity contribution in [2.45, 2.75) is 17.7 Å². The third kappa shape index (κ3) is 4.24. The van der Waals surface area contributed by atoms with Gasteiger partial charge in [-0.3, -0.25) is 0 Å². The minimum Gasteiger partial charge on any atom is -0.236 e. The van der Waals surface area contributed by atoms with Crippen molar-refractivity contribution in [3.05, 3.63) is 53.5 Å². The summed E-state index contributed by atoms with van der Waals surface area (Å²) in [7, 11) is -8.04. The van der Waals surface area contributed by atoms with E-state index in [1.165, 1.54) is 36.4 Å². The number of allylic oxidation sites excluding steroid dienone is 3. The van der Waals surface area contributed by atoms with Crippen LogP contribution in [0.4, 0.5) is 0 Å². The van der Waals surface area contributed by atoms with Crippen LogP contribution >= 0.6 is 0 Å². The van der Waals surface area contributed by atoms with Gasteiger partial charge in [-0.15, -0.1) is 0 Å². The molecule has 1 aliphatic rings.